The summed E-state index contributed by atoms with van der Waals surface area (Å²) in [5.41, 5.74) is 13.8. The van der Waals surface area contributed by atoms with E-state index in [4.69, 9.17) is 14.7 Å². The molecule has 0 amide bonds. The van der Waals surface area contributed by atoms with Gasteiger partial charge in [0, 0.05) is 27.8 Å². The van der Waals surface area contributed by atoms with Crippen LogP contribution in [-0.2, 0) is 5.41 Å². The fraction of sp³-hybridized carbons (Fsp3) is 0.0213. The van der Waals surface area contributed by atoms with Gasteiger partial charge in [-0.15, -0.1) is 0 Å². The molecule has 1 aliphatic heterocycles. The molecule has 8 aromatic rings. The number of para-hydroxylation sites is 1. The van der Waals surface area contributed by atoms with Crippen LogP contribution >= 0.6 is 0 Å². The summed E-state index contributed by atoms with van der Waals surface area (Å²) < 4.78 is 6.70. The molecule has 1 aromatic heterocycles. The first kappa shape index (κ1) is 28.4. The van der Waals surface area contributed by atoms with Gasteiger partial charge >= 0.3 is 0 Å². The molecule has 50 heavy (non-hydrogen) atoms. The van der Waals surface area contributed by atoms with E-state index in [0.717, 1.165) is 61.8 Å². The highest BCUT2D eigenvalue weighted by Crippen LogP contribution is 2.62. The molecule has 10 rings (SSSR count). The Balaban J connectivity index is 1.23. The molecule has 234 valence electrons. The molecule has 0 N–H and O–H groups in total. The molecule has 0 unspecified atom stereocenters. The molecule has 3 nitrogen and oxygen atoms in total. The Bertz CT molecular complexity index is 2530. The molecule has 2 aliphatic rings. The van der Waals surface area contributed by atoms with Crippen LogP contribution in [-0.4, -0.2) is 9.97 Å². The quantitative estimate of drug-likeness (QED) is 0.192. The van der Waals surface area contributed by atoms with E-state index in [0.29, 0.717) is 5.82 Å². The van der Waals surface area contributed by atoms with Crippen LogP contribution < -0.4 is 4.74 Å². The lowest BCUT2D eigenvalue weighted by molar-refractivity contribution is 0.436. The predicted molar refractivity (Wildman–Crippen MR) is 201 cm³/mol. The van der Waals surface area contributed by atoms with Crippen LogP contribution in [0.3, 0.4) is 0 Å². The molecule has 0 atom stereocenters. The third-order valence-electron chi connectivity index (χ3n) is 10.2. The largest absolute Gasteiger partial charge is 0.457 e. The topological polar surface area (TPSA) is 35.0 Å². The Kier molecular flexibility index (Phi) is 6.40. The second kappa shape index (κ2) is 11.3. The minimum Gasteiger partial charge on any atom is -0.457 e. The molecule has 0 saturated heterocycles. The van der Waals surface area contributed by atoms with Crippen molar-refractivity contribution in [3.63, 3.8) is 0 Å². The van der Waals surface area contributed by atoms with Crippen molar-refractivity contribution in [1.29, 1.82) is 0 Å². The second-order valence-corrected chi connectivity index (χ2v) is 12.9. The van der Waals surface area contributed by atoms with Crippen molar-refractivity contribution in [2.75, 3.05) is 0 Å². The number of rotatable bonds is 4. The molecule has 7 aromatic carbocycles. The average molecular weight is 639 g/mol. The van der Waals surface area contributed by atoms with Gasteiger partial charge in [-0.1, -0.05) is 152 Å². The van der Waals surface area contributed by atoms with Crippen LogP contribution in [0.1, 0.15) is 22.3 Å². The number of nitrogens with zero attached hydrogens (tertiary/aromatic N) is 2. The molecular formula is C47H30N2O. The summed E-state index contributed by atoms with van der Waals surface area (Å²) in [5, 5.41) is 0. The van der Waals surface area contributed by atoms with Crippen molar-refractivity contribution in [2.24, 2.45) is 0 Å². The SMILES string of the molecule is c1ccc(-c2nc(-c3ccc4c(c3)C3(c5ccccc5O4)c4ccccc4-c4ccccc43)cc(-c3ccccc3-c3ccccc3)n2)cc1. The molecule has 1 aliphatic carbocycles. The summed E-state index contributed by atoms with van der Waals surface area (Å²) in [4.78, 5) is 10.4. The lowest BCUT2D eigenvalue weighted by Crippen LogP contribution is -2.32. The van der Waals surface area contributed by atoms with Gasteiger partial charge in [-0.05, 0) is 63.7 Å². The van der Waals surface area contributed by atoms with Gasteiger partial charge in [-0.2, -0.15) is 0 Å². The normalized spacial score (nSPS) is 13.1. The monoisotopic (exact) mass is 638 g/mol. The molecule has 2 heterocycles. The Labute approximate surface area is 291 Å². The number of ether oxygens (including phenoxy) is 1. The predicted octanol–water partition coefficient (Wildman–Crippen LogP) is 11.6. The third-order valence-corrected chi connectivity index (χ3v) is 10.2. The highest BCUT2D eigenvalue weighted by atomic mass is 16.5. The van der Waals surface area contributed by atoms with Gasteiger partial charge in [-0.25, -0.2) is 9.97 Å². The van der Waals surface area contributed by atoms with E-state index in [9.17, 15) is 0 Å². The Morgan fingerprint density at radius 2 is 0.860 bits per heavy atom. The lowest BCUT2D eigenvalue weighted by atomic mass is 9.66. The minimum absolute atomic E-state index is 0.550. The number of hydrogen-bond donors (Lipinski definition) is 0. The number of aromatic nitrogens is 2. The van der Waals surface area contributed by atoms with Gasteiger partial charge < -0.3 is 4.74 Å². The summed E-state index contributed by atoms with van der Waals surface area (Å²) in [6.45, 7) is 0. The van der Waals surface area contributed by atoms with Crippen molar-refractivity contribution >= 4 is 0 Å². The van der Waals surface area contributed by atoms with Gasteiger partial charge in [0.15, 0.2) is 5.82 Å². The van der Waals surface area contributed by atoms with E-state index < -0.39 is 5.41 Å². The van der Waals surface area contributed by atoms with E-state index in [1.54, 1.807) is 0 Å². The van der Waals surface area contributed by atoms with E-state index in [2.05, 4.69) is 164 Å². The van der Waals surface area contributed by atoms with Crippen molar-refractivity contribution in [3.05, 3.63) is 204 Å². The van der Waals surface area contributed by atoms with E-state index >= 15 is 0 Å². The van der Waals surface area contributed by atoms with Crippen LogP contribution in [0, 0.1) is 0 Å². The number of benzene rings is 7. The summed E-state index contributed by atoms with van der Waals surface area (Å²) in [5.74, 6) is 2.42. The number of hydrogen-bond acceptors (Lipinski definition) is 3. The summed E-state index contributed by atoms with van der Waals surface area (Å²) in [7, 11) is 0. The standard InChI is InChI=1S/C47H30N2O/c1-3-15-31(16-4-1)34-19-7-8-22-37(34)43-30-42(48-46(49-43)32-17-5-2-6-18-32)33-27-28-45-41(29-33)47(40-25-13-14-26-44(40)50-45)38-23-11-9-20-35(38)36-21-10-12-24-39(36)47/h1-30H. The van der Waals surface area contributed by atoms with Crippen LogP contribution in [0.5, 0.6) is 11.5 Å². The highest BCUT2D eigenvalue weighted by Gasteiger charge is 2.51. The van der Waals surface area contributed by atoms with E-state index in [1.807, 2.05) is 18.2 Å². The zero-order valence-electron chi connectivity index (χ0n) is 27.1. The maximum Gasteiger partial charge on any atom is 0.160 e. The fourth-order valence-electron chi connectivity index (χ4n) is 8.04. The zero-order valence-corrected chi connectivity index (χ0v) is 27.1. The van der Waals surface area contributed by atoms with Gasteiger partial charge in [-0.3, -0.25) is 0 Å². The van der Waals surface area contributed by atoms with Gasteiger partial charge in [0.2, 0.25) is 0 Å². The second-order valence-electron chi connectivity index (χ2n) is 12.9. The minimum atomic E-state index is -0.550. The van der Waals surface area contributed by atoms with Gasteiger partial charge in [0.1, 0.15) is 11.5 Å². The van der Waals surface area contributed by atoms with Crippen molar-refractivity contribution < 1.29 is 4.74 Å². The number of fused-ring (bicyclic) bond motifs is 9. The summed E-state index contributed by atoms with van der Waals surface area (Å²) >= 11 is 0. The highest BCUT2D eigenvalue weighted by molar-refractivity contribution is 5.89. The van der Waals surface area contributed by atoms with Crippen molar-refractivity contribution in [2.45, 2.75) is 5.41 Å². The smallest absolute Gasteiger partial charge is 0.160 e. The van der Waals surface area contributed by atoms with Crippen molar-refractivity contribution in [3.8, 4) is 67.7 Å². The zero-order chi connectivity index (χ0) is 33.1. The molecule has 0 bridgehead atoms. The maximum absolute atomic E-state index is 6.70. The molecule has 0 fully saturated rings. The Hall–Kier alpha value is -6.58. The lowest BCUT2D eigenvalue weighted by Gasteiger charge is -2.39. The van der Waals surface area contributed by atoms with Crippen LogP contribution in [0.2, 0.25) is 0 Å². The molecule has 1 spiro atoms. The average Bonchev–Trinajstić information content (AvgIpc) is 3.49. The van der Waals surface area contributed by atoms with E-state index in [1.165, 1.54) is 22.3 Å². The van der Waals surface area contributed by atoms with Crippen LogP contribution in [0.25, 0.3) is 56.2 Å². The molecule has 0 radical (unpaired) electrons. The third kappa shape index (κ3) is 4.23. The summed E-state index contributed by atoms with van der Waals surface area (Å²) in [6.07, 6.45) is 0. The molecule has 3 heteroatoms. The first-order valence-electron chi connectivity index (χ1n) is 17.0. The summed E-state index contributed by atoms with van der Waals surface area (Å²) in [6, 6.07) is 64.1. The first-order valence-corrected chi connectivity index (χ1v) is 17.0. The van der Waals surface area contributed by atoms with Gasteiger partial charge in [0.05, 0.1) is 16.8 Å². The van der Waals surface area contributed by atoms with Gasteiger partial charge in [0.25, 0.3) is 0 Å². The molecular weight excluding hydrogens is 609 g/mol. The van der Waals surface area contributed by atoms with Crippen LogP contribution in [0.15, 0.2) is 182 Å². The van der Waals surface area contributed by atoms with E-state index in [-0.39, 0.29) is 0 Å². The molecule has 0 saturated carbocycles. The van der Waals surface area contributed by atoms with Crippen molar-refractivity contribution in [1.82, 2.24) is 9.97 Å². The Morgan fingerprint density at radius 1 is 0.340 bits per heavy atom. The fourth-order valence-corrected chi connectivity index (χ4v) is 8.04. The Morgan fingerprint density at radius 3 is 1.56 bits per heavy atom. The van der Waals surface area contributed by atoms with Crippen LogP contribution in [0.4, 0.5) is 0 Å². The maximum atomic E-state index is 6.70. The first-order chi connectivity index (χ1) is 24.8.